The monoisotopic (exact) mass is 315 g/mol. The topological polar surface area (TPSA) is 67.1 Å². The Kier molecular flexibility index (Phi) is 4.71. The molecule has 2 aromatic rings. The molecule has 1 fully saturated rings. The van der Waals surface area contributed by atoms with Crippen LogP contribution in [0.5, 0.6) is 0 Å². The number of hydrogen-bond acceptors (Lipinski definition) is 5. The molecule has 0 spiro atoms. The molecule has 0 aliphatic carbocycles. The maximum Gasteiger partial charge on any atom is 0.229 e. The molecule has 122 valence electrons. The van der Waals surface area contributed by atoms with E-state index in [-0.39, 0.29) is 11.9 Å². The molecule has 1 aromatic heterocycles. The van der Waals surface area contributed by atoms with Crippen molar-refractivity contribution in [3.8, 4) is 0 Å². The zero-order valence-electron chi connectivity index (χ0n) is 13.3. The molecule has 1 saturated heterocycles. The maximum atomic E-state index is 13.0. The molecule has 0 saturated carbocycles. The van der Waals surface area contributed by atoms with Crippen molar-refractivity contribution in [1.29, 1.82) is 0 Å². The van der Waals surface area contributed by atoms with Gasteiger partial charge in [0, 0.05) is 36.6 Å². The minimum Gasteiger partial charge on any atom is -0.355 e. The molecule has 5 nitrogen and oxygen atoms in total. The molecule has 1 aromatic carbocycles. The fourth-order valence-electron chi connectivity index (χ4n) is 2.74. The predicted molar refractivity (Wildman–Crippen MR) is 90.5 cm³/mol. The Bertz CT molecular complexity index is 659. The molecule has 0 unspecified atom stereocenters. The highest BCUT2D eigenvalue weighted by Gasteiger charge is 2.21. The zero-order chi connectivity index (χ0) is 16.2. The van der Waals surface area contributed by atoms with Crippen LogP contribution in [-0.2, 0) is 6.42 Å². The molecule has 0 radical (unpaired) electrons. The van der Waals surface area contributed by atoms with Crippen LogP contribution in [0.2, 0.25) is 0 Å². The summed E-state index contributed by atoms with van der Waals surface area (Å²) in [5, 5.41) is 3.16. The first-order valence-electron chi connectivity index (χ1n) is 8.05. The molecule has 3 rings (SSSR count). The average molecular weight is 315 g/mol. The third kappa shape index (κ3) is 3.96. The maximum absolute atomic E-state index is 13.0. The van der Waals surface area contributed by atoms with E-state index in [0.29, 0.717) is 5.95 Å². The first kappa shape index (κ1) is 15.7. The third-order valence-corrected chi connectivity index (χ3v) is 3.92. The van der Waals surface area contributed by atoms with Gasteiger partial charge >= 0.3 is 0 Å². The number of halogens is 1. The number of aromatic nitrogens is 2. The highest BCUT2D eigenvalue weighted by atomic mass is 19.1. The van der Waals surface area contributed by atoms with E-state index >= 15 is 0 Å². The van der Waals surface area contributed by atoms with Crippen LogP contribution in [0.25, 0.3) is 0 Å². The average Bonchev–Trinajstić information content (AvgIpc) is 2.96. The van der Waals surface area contributed by atoms with Gasteiger partial charge in [-0.3, -0.25) is 0 Å². The molecule has 1 atom stereocenters. The van der Waals surface area contributed by atoms with Crippen LogP contribution in [0.4, 0.5) is 21.8 Å². The lowest BCUT2D eigenvalue weighted by atomic mass is 10.2. The van der Waals surface area contributed by atoms with E-state index < -0.39 is 0 Å². The van der Waals surface area contributed by atoms with Crippen molar-refractivity contribution in [2.75, 3.05) is 23.3 Å². The van der Waals surface area contributed by atoms with Crippen molar-refractivity contribution >= 4 is 17.5 Å². The molecule has 6 heteroatoms. The first-order valence-corrected chi connectivity index (χ1v) is 8.05. The van der Waals surface area contributed by atoms with Crippen LogP contribution in [-0.4, -0.2) is 29.1 Å². The molecule has 0 bridgehead atoms. The van der Waals surface area contributed by atoms with Gasteiger partial charge in [0.25, 0.3) is 0 Å². The molecule has 2 heterocycles. The van der Waals surface area contributed by atoms with Gasteiger partial charge in [-0.25, -0.2) is 9.37 Å². The van der Waals surface area contributed by atoms with Crippen molar-refractivity contribution in [3.05, 3.63) is 41.8 Å². The van der Waals surface area contributed by atoms with Gasteiger partial charge in [-0.1, -0.05) is 13.3 Å². The Balaban J connectivity index is 1.86. The van der Waals surface area contributed by atoms with Gasteiger partial charge in [0.2, 0.25) is 5.95 Å². The fraction of sp³-hybridized carbons (Fsp3) is 0.412. The summed E-state index contributed by atoms with van der Waals surface area (Å²) < 4.78 is 13.0. The van der Waals surface area contributed by atoms with Gasteiger partial charge in [0.1, 0.15) is 11.6 Å². The van der Waals surface area contributed by atoms with Gasteiger partial charge in [-0.2, -0.15) is 4.98 Å². The number of benzene rings is 1. The van der Waals surface area contributed by atoms with E-state index in [1.54, 1.807) is 12.1 Å². The van der Waals surface area contributed by atoms with E-state index in [9.17, 15) is 4.39 Å². The van der Waals surface area contributed by atoms with Crippen molar-refractivity contribution in [2.45, 2.75) is 32.2 Å². The Hall–Kier alpha value is -2.21. The molecular formula is C17H22FN5. The number of aryl methyl sites for hydroxylation is 1. The summed E-state index contributed by atoms with van der Waals surface area (Å²) in [5.41, 5.74) is 7.77. The van der Waals surface area contributed by atoms with Gasteiger partial charge in [-0.05, 0) is 37.1 Å². The van der Waals surface area contributed by atoms with Crippen molar-refractivity contribution in [1.82, 2.24) is 9.97 Å². The molecule has 23 heavy (non-hydrogen) atoms. The van der Waals surface area contributed by atoms with Crippen LogP contribution in [0.3, 0.4) is 0 Å². The summed E-state index contributed by atoms with van der Waals surface area (Å²) >= 11 is 0. The van der Waals surface area contributed by atoms with E-state index in [1.165, 1.54) is 12.1 Å². The van der Waals surface area contributed by atoms with Crippen LogP contribution >= 0.6 is 0 Å². The Morgan fingerprint density at radius 3 is 2.74 bits per heavy atom. The highest BCUT2D eigenvalue weighted by Crippen LogP contribution is 2.22. The molecular weight excluding hydrogens is 293 g/mol. The summed E-state index contributed by atoms with van der Waals surface area (Å²) in [4.78, 5) is 11.4. The van der Waals surface area contributed by atoms with Crippen molar-refractivity contribution in [3.63, 3.8) is 0 Å². The Labute approximate surface area is 135 Å². The van der Waals surface area contributed by atoms with E-state index in [0.717, 1.165) is 49.6 Å². The van der Waals surface area contributed by atoms with E-state index in [2.05, 4.69) is 27.1 Å². The predicted octanol–water partition coefficient (Wildman–Crippen LogP) is 2.85. The minimum atomic E-state index is -0.261. The second-order valence-corrected chi connectivity index (χ2v) is 5.92. The smallest absolute Gasteiger partial charge is 0.229 e. The molecule has 1 aliphatic rings. The Morgan fingerprint density at radius 2 is 2.09 bits per heavy atom. The van der Waals surface area contributed by atoms with E-state index in [1.807, 2.05) is 6.07 Å². The summed E-state index contributed by atoms with van der Waals surface area (Å²) in [5.74, 6) is 1.18. The number of hydrogen-bond donors (Lipinski definition) is 2. The number of anilines is 3. The minimum absolute atomic E-state index is 0.202. The number of rotatable bonds is 5. The lowest BCUT2D eigenvalue weighted by Crippen LogP contribution is -2.27. The second kappa shape index (κ2) is 6.91. The van der Waals surface area contributed by atoms with Crippen LogP contribution < -0.4 is 16.0 Å². The summed E-state index contributed by atoms with van der Waals surface area (Å²) in [6.45, 7) is 3.86. The summed E-state index contributed by atoms with van der Waals surface area (Å²) in [6.07, 6.45) is 2.90. The third-order valence-electron chi connectivity index (χ3n) is 3.92. The van der Waals surface area contributed by atoms with Gasteiger partial charge in [0.15, 0.2) is 0 Å². The van der Waals surface area contributed by atoms with Gasteiger partial charge in [-0.15, -0.1) is 0 Å². The van der Waals surface area contributed by atoms with Crippen LogP contribution in [0.1, 0.15) is 25.5 Å². The van der Waals surface area contributed by atoms with Crippen LogP contribution in [0, 0.1) is 5.82 Å². The first-order chi connectivity index (χ1) is 11.1. The number of nitrogens with two attached hydrogens (primary N) is 1. The zero-order valence-corrected chi connectivity index (χ0v) is 13.3. The number of nitrogens with zero attached hydrogens (tertiary/aromatic N) is 3. The summed E-state index contributed by atoms with van der Waals surface area (Å²) in [7, 11) is 0. The van der Waals surface area contributed by atoms with Gasteiger partial charge in [0.05, 0.1) is 0 Å². The SMILES string of the molecule is CCCc1cc(N2CC[C@H](N)C2)nc(Nc2ccc(F)cc2)n1. The number of nitrogens with one attached hydrogen (secondary N) is 1. The van der Waals surface area contributed by atoms with Gasteiger partial charge < -0.3 is 16.0 Å². The lowest BCUT2D eigenvalue weighted by Gasteiger charge is -2.18. The lowest BCUT2D eigenvalue weighted by molar-refractivity contribution is 0.628. The second-order valence-electron chi connectivity index (χ2n) is 5.92. The quantitative estimate of drug-likeness (QED) is 0.888. The van der Waals surface area contributed by atoms with Crippen molar-refractivity contribution in [2.24, 2.45) is 5.73 Å². The molecule has 0 amide bonds. The Morgan fingerprint density at radius 1 is 1.30 bits per heavy atom. The summed E-state index contributed by atoms with van der Waals surface area (Å²) in [6, 6.07) is 8.43. The molecule has 3 N–H and O–H groups in total. The standard InChI is InChI=1S/C17H22FN5/c1-2-3-15-10-16(23-9-8-13(19)11-23)22-17(21-15)20-14-6-4-12(18)5-7-14/h4-7,10,13H,2-3,8-9,11,19H2,1H3,(H,20,21,22)/t13-/m0/s1. The van der Waals surface area contributed by atoms with Crippen molar-refractivity contribution < 1.29 is 4.39 Å². The highest BCUT2D eigenvalue weighted by molar-refractivity contribution is 5.56. The van der Waals surface area contributed by atoms with Crippen LogP contribution in [0.15, 0.2) is 30.3 Å². The fourth-order valence-corrected chi connectivity index (χ4v) is 2.74. The largest absolute Gasteiger partial charge is 0.355 e. The normalized spacial score (nSPS) is 17.5. The molecule has 1 aliphatic heterocycles. The van der Waals surface area contributed by atoms with E-state index in [4.69, 9.17) is 5.73 Å².